The predicted molar refractivity (Wildman–Crippen MR) is 116 cm³/mol. The molecule has 28 heavy (non-hydrogen) atoms. The van der Waals surface area contributed by atoms with Crippen molar-refractivity contribution in [1.82, 2.24) is 14.9 Å². The first-order valence-electron chi connectivity index (χ1n) is 9.49. The molecule has 1 saturated heterocycles. The fourth-order valence-corrected chi connectivity index (χ4v) is 3.52. The molecule has 146 valence electrons. The lowest BCUT2D eigenvalue weighted by Gasteiger charge is -2.31. The molecular weight excluding hydrogens is 372 g/mol. The number of nitrogens with zero attached hydrogens (tertiary/aromatic N) is 3. The predicted octanol–water partition coefficient (Wildman–Crippen LogP) is 4.98. The van der Waals surface area contributed by atoms with Gasteiger partial charge >= 0.3 is 0 Å². The van der Waals surface area contributed by atoms with Crippen LogP contribution in [0.1, 0.15) is 35.8 Å². The monoisotopic (exact) mass is 396 g/mol. The van der Waals surface area contributed by atoms with E-state index in [9.17, 15) is 4.79 Å². The summed E-state index contributed by atoms with van der Waals surface area (Å²) in [7, 11) is 0. The van der Waals surface area contributed by atoms with Crippen LogP contribution >= 0.6 is 12.4 Å². The fraction of sp³-hybridized carbons (Fsp3) is 0.318. The summed E-state index contributed by atoms with van der Waals surface area (Å²) < 4.78 is 0. The minimum absolute atomic E-state index is 0. The van der Waals surface area contributed by atoms with Crippen molar-refractivity contribution in [3.8, 4) is 0 Å². The standard InChI is InChI=1S/C22H24N4O.ClH/c1-15-10-12-26(13-11-15)22(27)19-14-23-21-18(9-8-16(2)24-21)20(19)25-17-6-4-3-5-7-17;/h3-9,14-15H,10-13H2,1-2H3,(H,23,24,25);1H. The van der Waals surface area contributed by atoms with E-state index in [2.05, 4.69) is 22.2 Å². The molecule has 1 N–H and O–H groups in total. The number of aromatic nitrogens is 2. The molecule has 0 bridgehead atoms. The van der Waals surface area contributed by atoms with Crippen molar-refractivity contribution in [2.75, 3.05) is 18.4 Å². The third-order valence-corrected chi connectivity index (χ3v) is 5.21. The largest absolute Gasteiger partial charge is 0.354 e. The Kier molecular flexibility index (Phi) is 6.15. The molecule has 0 radical (unpaired) electrons. The summed E-state index contributed by atoms with van der Waals surface area (Å²) in [5.41, 5.74) is 3.88. The zero-order valence-corrected chi connectivity index (χ0v) is 17.0. The number of carbonyl (C=O) groups is 1. The summed E-state index contributed by atoms with van der Waals surface area (Å²) in [5, 5.41) is 4.30. The summed E-state index contributed by atoms with van der Waals surface area (Å²) in [6.45, 7) is 5.79. The highest BCUT2D eigenvalue weighted by molar-refractivity contribution is 6.07. The third-order valence-electron chi connectivity index (χ3n) is 5.21. The van der Waals surface area contributed by atoms with E-state index in [1.165, 1.54) is 0 Å². The second-order valence-electron chi connectivity index (χ2n) is 7.34. The number of nitrogens with one attached hydrogen (secondary N) is 1. The van der Waals surface area contributed by atoms with Crippen molar-refractivity contribution >= 4 is 40.7 Å². The average Bonchev–Trinajstić information content (AvgIpc) is 2.69. The van der Waals surface area contributed by atoms with Crippen LogP contribution in [0.25, 0.3) is 11.0 Å². The molecule has 0 aliphatic carbocycles. The van der Waals surface area contributed by atoms with Gasteiger partial charge in [0.05, 0.1) is 11.3 Å². The van der Waals surface area contributed by atoms with Crippen LogP contribution in [0.15, 0.2) is 48.7 Å². The Morgan fingerprint density at radius 1 is 1.11 bits per heavy atom. The van der Waals surface area contributed by atoms with Crippen LogP contribution < -0.4 is 5.32 Å². The third kappa shape index (κ3) is 4.09. The molecular formula is C22H25ClN4O. The molecule has 1 aliphatic heterocycles. The SMILES string of the molecule is Cc1ccc2c(Nc3ccccc3)c(C(=O)N3CCC(C)CC3)cnc2n1.Cl. The van der Waals surface area contributed by atoms with Gasteiger partial charge in [0.1, 0.15) is 0 Å². The maximum absolute atomic E-state index is 13.3. The Balaban J connectivity index is 0.00000225. The number of carbonyl (C=O) groups excluding carboxylic acids is 1. The van der Waals surface area contributed by atoms with Crippen LogP contribution in [0.4, 0.5) is 11.4 Å². The maximum Gasteiger partial charge on any atom is 0.257 e. The number of anilines is 2. The molecule has 0 unspecified atom stereocenters. The molecule has 0 spiro atoms. The number of fused-ring (bicyclic) bond motifs is 1. The Morgan fingerprint density at radius 3 is 2.54 bits per heavy atom. The Hall–Kier alpha value is -2.66. The van der Waals surface area contributed by atoms with E-state index >= 15 is 0 Å². The van der Waals surface area contributed by atoms with Crippen molar-refractivity contribution in [2.24, 2.45) is 5.92 Å². The normalized spacial score (nSPS) is 14.6. The molecule has 1 amide bonds. The Bertz CT molecular complexity index is 969. The minimum Gasteiger partial charge on any atom is -0.354 e. The lowest BCUT2D eigenvalue weighted by atomic mass is 9.98. The molecule has 0 saturated carbocycles. The van der Waals surface area contributed by atoms with Crippen molar-refractivity contribution < 1.29 is 4.79 Å². The Morgan fingerprint density at radius 2 is 1.82 bits per heavy atom. The summed E-state index contributed by atoms with van der Waals surface area (Å²) in [5.74, 6) is 0.716. The number of para-hydroxylation sites is 1. The number of halogens is 1. The van der Waals surface area contributed by atoms with Crippen LogP contribution in [0.3, 0.4) is 0 Å². The maximum atomic E-state index is 13.3. The first kappa shape index (κ1) is 20.1. The highest BCUT2D eigenvalue weighted by Gasteiger charge is 2.25. The second-order valence-corrected chi connectivity index (χ2v) is 7.34. The fourth-order valence-electron chi connectivity index (χ4n) is 3.52. The summed E-state index contributed by atoms with van der Waals surface area (Å²) >= 11 is 0. The van der Waals surface area contributed by atoms with E-state index < -0.39 is 0 Å². The van der Waals surface area contributed by atoms with Gasteiger partial charge < -0.3 is 10.2 Å². The first-order chi connectivity index (χ1) is 13.1. The molecule has 5 nitrogen and oxygen atoms in total. The van der Waals surface area contributed by atoms with Gasteiger partial charge in [-0.2, -0.15) is 0 Å². The molecule has 1 aromatic carbocycles. The zero-order valence-electron chi connectivity index (χ0n) is 16.2. The quantitative estimate of drug-likeness (QED) is 0.678. The highest BCUT2D eigenvalue weighted by Crippen LogP contribution is 2.30. The van der Waals surface area contributed by atoms with Crippen LogP contribution in [-0.2, 0) is 0 Å². The van der Waals surface area contributed by atoms with E-state index in [0.717, 1.165) is 48.4 Å². The van der Waals surface area contributed by atoms with Crippen LogP contribution in [0, 0.1) is 12.8 Å². The van der Waals surface area contributed by atoms with Gasteiger partial charge in [-0.1, -0.05) is 25.1 Å². The van der Waals surface area contributed by atoms with Crippen LogP contribution in [-0.4, -0.2) is 33.9 Å². The lowest BCUT2D eigenvalue weighted by molar-refractivity contribution is 0.0698. The topological polar surface area (TPSA) is 58.1 Å². The highest BCUT2D eigenvalue weighted by atomic mass is 35.5. The van der Waals surface area contributed by atoms with Gasteiger partial charge in [-0.15, -0.1) is 12.4 Å². The van der Waals surface area contributed by atoms with Gasteiger partial charge in [-0.3, -0.25) is 4.79 Å². The van der Waals surface area contributed by atoms with E-state index in [-0.39, 0.29) is 18.3 Å². The first-order valence-corrected chi connectivity index (χ1v) is 9.49. The van der Waals surface area contributed by atoms with Gasteiger partial charge in [-0.05, 0) is 49.9 Å². The number of amides is 1. The number of piperidine rings is 1. The van der Waals surface area contributed by atoms with Gasteiger partial charge in [0.15, 0.2) is 5.65 Å². The van der Waals surface area contributed by atoms with Crippen molar-refractivity contribution in [1.29, 1.82) is 0 Å². The van der Waals surface area contributed by atoms with Gasteiger partial charge in [-0.25, -0.2) is 9.97 Å². The molecule has 6 heteroatoms. The van der Waals surface area contributed by atoms with E-state index in [4.69, 9.17) is 0 Å². The number of aryl methyl sites for hydroxylation is 1. The molecule has 2 aromatic heterocycles. The molecule has 4 rings (SSSR count). The van der Waals surface area contributed by atoms with Gasteiger partial charge in [0, 0.05) is 36.1 Å². The van der Waals surface area contributed by atoms with Gasteiger partial charge in [0.25, 0.3) is 5.91 Å². The molecule has 1 fully saturated rings. The van der Waals surface area contributed by atoms with E-state index in [1.54, 1.807) is 6.20 Å². The molecule has 1 aliphatic rings. The smallest absolute Gasteiger partial charge is 0.257 e. The van der Waals surface area contributed by atoms with E-state index in [1.807, 2.05) is 54.3 Å². The summed E-state index contributed by atoms with van der Waals surface area (Å²) in [6.07, 6.45) is 3.77. The van der Waals surface area contributed by atoms with Crippen molar-refractivity contribution in [2.45, 2.75) is 26.7 Å². The molecule has 3 heterocycles. The number of benzene rings is 1. The number of rotatable bonds is 3. The number of hydrogen-bond acceptors (Lipinski definition) is 4. The number of likely N-dealkylation sites (tertiary alicyclic amines) is 1. The van der Waals surface area contributed by atoms with Crippen LogP contribution in [0.5, 0.6) is 0 Å². The molecule has 3 aromatic rings. The van der Waals surface area contributed by atoms with Crippen molar-refractivity contribution in [3.63, 3.8) is 0 Å². The molecule has 0 atom stereocenters. The van der Waals surface area contributed by atoms with E-state index in [0.29, 0.717) is 17.1 Å². The average molecular weight is 397 g/mol. The zero-order chi connectivity index (χ0) is 18.8. The minimum atomic E-state index is 0. The van der Waals surface area contributed by atoms with Crippen molar-refractivity contribution in [3.05, 3.63) is 59.9 Å². The summed E-state index contributed by atoms with van der Waals surface area (Å²) in [6, 6.07) is 13.8. The summed E-state index contributed by atoms with van der Waals surface area (Å²) in [4.78, 5) is 24.2. The number of pyridine rings is 2. The van der Waals surface area contributed by atoms with Crippen LogP contribution in [0.2, 0.25) is 0 Å². The second kappa shape index (κ2) is 8.57. The lowest BCUT2D eigenvalue weighted by Crippen LogP contribution is -2.38. The number of hydrogen-bond donors (Lipinski definition) is 1. The Labute approximate surface area is 171 Å². The van der Waals surface area contributed by atoms with Gasteiger partial charge in [0.2, 0.25) is 0 Å².